The molecular weight excluding hydrogens is 256 g/mol. The molecule has 110 valence electrons. The van der Waals surface area contributed by atoms with Gasteiger partial charge in [0, 0.05) is 20.1 Å². The molecule has 1 unspecified atom stereocenters. The average molecular weight is 278 g/mol. The molecule has 0 radical (unpaired) electrons. The second kappa shape index (κ2) is 5.71. The molecule has 0 saturated carbocycles. The number of nitrogens with zero attached hydrogens (tertiary/aromatic N) is 1. The minimum atomic E-state index is -0.495. The molecule has 5 nitrogen and oxygen atoms in total. The smallest absolute Gasteiger partial charge is 0.231 e. The summed E-state index contributed by atoms with van der Waals surface area (Å²) in [7, 11) is 1.80. The van der Waals surface area contributed by atoms with E-state index in [1.54, 1.807) is 11.9 Å². The van der Waals surface area contributed by atoms with Crippen molar-refractivity contribution in [1.29, 1.82) is 0 Å². The van der Waals surface area contributed by atoms with E-state index in [2.05, 4.69) is 0 Å². The van der Waals surface area contributed by atoms with Gasteiger partial charge >= 0.3 is 0 Å². The maximum atomic E-state index is 12.5. The lowest BCUT2D eigenvalue weighted by Crippen LogP contribution is -2.44. The van der Waals surface area contributed by atoms with Crippen LogP contribution in [0.3, 0.4) is 0 Å². The quantitative estimate of drug-likeness (QED) is 0.891. The van der Waals surface area contributed by atoms with Gasteiger partial charge in [0.1, 0.15) is 0 Å². The third kappa shape index (κ3) is 2.72. The molecule has 1 amide bonds. The lowest BCUT2D eigenvalue weighted by atomic mass is 9.86. The van der Waals surface area contributed by atoms with E-state index < -0.39 is 5.41 Å². The van der Waals surface area contributed by atoms with Gasteiger partial charge in [-0.1, -0.05) is 13.0 Å². The van der Waals surface area contributed by atoms with Gasteiger partial charge in [0.05, 0.1) is 5.41 Å². The van der Waals surface area contributed by atoms with Crippen LogP contribution in [0.2, 0.25) is 0 Å². The molecular formula is C15H22N2O3. The summed E-state index contributed by atoms with van der Waals surface area (Å²) in [6, 6.07) is 5.73. The van der Waals surface area contributed by atoms with E-state index in [-0.39, 0.29) is 12.7 Å². The van der Waals surface area contributed by atoms with Gasteiger partial charge in [0.25, 0.3) is 0 Å². The van der Waals surface area contributed by atoms with Crippen molar-refractivity contribution in [2.45, 2.75) is 26.8 Å². The molecule has 0 aliphatic carbocycles. The monoisotopic (exact) mass is 278 g/mol. The predicted molar refractivity (Wildman–Crippen MR) is 76.5 cm³/mol. The number of ether oxygens (including phenoxy) is 2. The highest BCUT2D eigenvalue weighted by molar-refractivity contribution is 5.82. The summed E-state index contributed by atoms with van der Waals surface area (Å²) >= 11 is 0. The predicted octanol–water partition coefficient (Wildman–Crippen LogP) is 1.75. The summed E-state index contributed by atoms with van der Waals surface area (Å²) in [5, 5.41) is 0. The fraction of sp³-hybridized carbons (Fsp3) is 0.533. The van der Waals surface area contributed by atoms with E-state index in [1.165, 1.54) is 0 Å². The van der Waals surface area contributed by atoms with E-state index in [0.29, 0.717) is 13.1 Å². The van der Waals surface area contributed by atoms with Gasteiger partial charge < -0.3 is 20.1 Å². The van der Waals surface area contributed by atoms with Crippen molar-refractivity contribution in [3.63, 3.8) is 0 Å². The van der Waals surface area contributed by atoms with Crippen molar-refractivity contribution in [1.82, 2.24) is 4.90 Å². The van der Waals surface area contributed by atoms with Crippen molar-refractivity contribution >= 4 is 5.91 Å². The summed E-state index contributed by atoms with van der Waals surface area (Å²) < 4.78 is 10.6. The molecule has 2 N–H and O–H groups in total. The molecule has 0 aromatic heterocycles. The highest BCUT2D eigenvalue weighted by Crippen LogP contribution is 2.33. The van der Waals surface area contributed by atoms with Gasteiger partial charge in [-0.05, 0) is 31.0 Å². The number of rotatable bonds is 5. The molecule has 1 heterocycles. The third-order valence-electron chi connectivity index (χ3n) is 3.95. The Balaban J connectivity index is 2.08. The zero-order valence-corrected chi connectivity index (χ0v) is 12.3. The first-order valence-corrected chi connectivity index (χ1v) is 6.84. The summed E-state index contributed by atoms with van der Waals surface area (Å²) in [6.45, 7) is 5.04. The van der Waals surface area contributed by atoms with Crippen molar-refractivity contribution < 1.29 is 14.3 Å². The van der Waals surface area contributed by atoms with Gasteiger partial charge in [-0.25, -0.2) is 0 Å². The van der Waals surface area contributed by atoms with E-state index in [0.717, 1.165) is 23.5 Å². The van der Waals surface area contributed by atoms with Gasteiger partial charge in [-0.15, -0.1) is 0 Å². The minimum Gasteiger partial charge on any atom is -0.454 e. The van der Waals surface area contributed by atoms with Gasteiger partial charge in [0.2, 0.25) is 12.7 Å². The van der Waals surface area contributed by atoms with Crippen LogP contribution in [0.5, 0.6) is 11.5 Å². The molecule has 20 heavy (non-hydrogen) atoms. The molecule has 0 fully saturated rings. The standard InChI is InChI=1S/C15H22N2O3/c1-4-15(2,9-16)14(18)17(3)8-11-5-6-12-13(7-11)20-10-19-12/h5-7H,4,8-10,16H2,1-3H3. The first-order valence-electron chi connectivity index (χ1n) is 6.84. The van der Waals surface area contributed by atoms with Crippen molar-refractivity contribution in [2.24, 2.45) is 11.1 Å². The number of benzene rings is 1. The Hall–Kier alpha value is -1.75. The van der Waals surface area contributed by atoms with E-state index in [4.69, 9.17) is 15.2 Å². The first kappa shape index (κ1) is 14.7. The summed E-state index contributed by atoms with van der Waals surface area (Å²) in [5.41, 5.74) is 6.26. The summed E-state index contributed by atoms with van der Waals surface area (Å²) in [6.07, 6.45) is 0.730. The minimum absolute atomic E-state index is 0.0696. The molecule has 0 spiro atoms. The molecule has 1 aliphatic heterocycles. The van der Waals surface area contributed by atoms with Crippen molar-refractivity contribution in [3.05, 3.63) is 23.8 Å². The highest BCUT2D eigenvalue weighted by Gasteiger charge is 2.32. The fourth-order valence-electron chi connectivity index (χ4n) is 2.23. The summed E-state index contributed by atoms with van der Waals surface area (Å²) in [4.78, 5) is 14.2. The first-order chi connectivity index (χ1) is 9.50. The van der Waals surface area contributed by atoms with Gasteiger partial charge in [0.15, 0.2) is 11.5 Å². The van der Waals surface area contributed by atoms with Crippen LogP contribution < -0.4 is 15.2 Å². The van der Waals surface area contributed by atoms with Crippen LogP contribution in [0, 0.1) is 5.41 Å². The fourth-order valence-corrected chi connectivity index (χ4v) is 2.23. The number of nitrogens with two attached hydrogens (primary N) is 1. The largest absolute Gasteiger partial charge is 0.454 e. The molecule has 2 rings (SSSR count). The van der Waals surface area contributed by atoms with Crippen LogP contribution in [-0.2, 0) is 11.3 Å². The van der Waals surface area contributed by atoms with Crippen molar-refractivity contribution in [3.8, 4) is 11.5 Å². The van der Waals surface area contributed by atoms with E-state index in [1.807, 2.05) is 32.0 Å². The number of hydrogen-bond donors (Lipinski definition) is 1. The summed E-state index contributed by atoms with van der Waals surface area (Å²) in [5.74, 6) is 1.56. The Bertz CT molecular complexity index is 498. The van der Waals surface area contributed by atoms with Crippen molar-refractivity contribution in [2.75, 3.05) is 20.4 Å². The van der Waals surface area contributed by atoms with Crippen LogP contribution in [0.1, 0.15) is 25.8 Å². The topological polar surface area (TPSA) is 64.8 Å². The van der Waals surface area contributed by atoms with Crippen LogP contribution in [0.15, 0.2) is 18.2 Å². The Kier molecular flexibility index (Phi) is 4.18. The zero-order chi connectivity index (χ0) is 14.8. The van der Waals surface area contributed by atoms with Crippen LogP contribution in [0.25, 0.3) is 0 Å². The van der Waals surface area contributed by atoms with Gasteiger partial charge in [-0.2, -0.15) is 0 Å². The lowest BCUT2D eigenvalue weighted by molar-refractivity contribution is -0.140. The Morgan fingerprint density at radius 1 is 1.40 bits per heavy atom. The lowest BCUT2D eigenvalue weighted by Gasteiger charge is -2.30. The van der Waals surface area contributed by atoms with Crippen LogP contribution in [0.4, 0.5) is 0 Å². The second-order valence-corrected chi connectivity index (χ2v) is 5.47. The molecule has 1 aromatic carbocycles. The van der Waals surface area contributed by atoms with Crippen LogP contribution in [-0.4, -0.2) is 31.2 Å². The molecule has 1 aliphatic rings. The van der Waals surface area contributed by atoms with E-state index in [9.17, 15) is 4.79 Å². The zero-order valence-electron chi connectivity index (χ0n) is 12.3. The molecule has 0 bridgehead atoms. The Morgan fingerprint density at radius 2 is 2.10 bits per heavy atom. The van der Waals surface area contributed by atoms with Crippen LogP contribution >= 0.6 is 0 Å². The molecule has 1 aromatic rings. The molecule has 1 atom stereocenters. The number of fused-ring (bicyclic) bond motifs is 1. The normalized spacial score (nSPS) is 15.8. The Labute approximate surface area is 119 Å². The van der Waals surface area contributed by atoms with Gasteiger partial charge in [-0.3, -0.25) is 4.79 Å². The number of carbonyl (C=O) groups is 1. The number of amides is 1. The SMILES string of the molecule is CCC(C)(CN)C(=O)N(C)Cc1ccc2c(c1)OCO2. The molecule has 5 heteroatoms. The maximum Gasteiger partial charge on any atom is 0.231 e. The highest BCUT2D eigenvalue weighted by atomic mass is 16.7. The number of carbonyl (C=O) groups excluding carboxylic acids is 1. The third-order valence-corrected chi connectivity index (χ3v) is 3.95. The van der Waals surface area contributed by atoms with E-state index >= 15 is 0 Å². The second-order valence-electron chi connectivity index (χ2n) is 5.47. The molecule has 0 saturated heterocycles. The Morgan fingerprint density at radius 3 is 2.75 bits per heavy atom. The average Bonchev–Trinajstić information content (AvgIpc) is 2.93. The maximum absolute atomic E-state index is 12.5. The number of hydrogen-bond acceptors (Lipinski definition) is 4.